The van der Waals surface area contributed by atoms with Crippen LogP contribution in [0.3, 0.4) is 0 Å². The predicted octanol–water partition coefficient (Wildman–Crippen LogP) is 7.31. The molecule has 3 aromatic carbocycles. The van der Waals surface area contributed by atoms with E-state index in [9.17, 15) is 13.2 Å². The highest BCUT2D eigenvalue weighted by Gasteiger charge is 2.25. The highest BCUT2D eigenvalue weighted by Crippen LogP contribution is 2.30. The third-order valence-corrected chi connectivity index (χ3v) is 8.99. The van der Waals surface area contributed by atoms with Gasteiger partial charge in [0.15, 0.2) is 0 Å². The van der Waals surface area contributed by atoms with E-state index < -0.39 is 15.6 Å². The van der Waals surface area contributed by atoms with Crippen molar-refractivity contribution in [2.45, 2.75) is 76.0 Å². The average Bonchev–Trinajstić information content (AvgIpc) is 2.94. The molecule has 4 aromatic rings. The molecule has 43 heavy (non-hydrogen) atoms. The number of amides is 1. The summed E-state index contributed by atoms with van der Waals surface area (Å²) in [7, 11) is -3.81. The van der Waals surface area contributed by atoms with Gasteiger partial charge in [0, 0.05) is 23.7 Å². The van der Waals surface area contributed by atoms with Crippen LogP contribution in [0.5, 0.6) is 0 Å². The number of sulfonamides is 1. The van der Waals surface area contributed by atoms with Gasteiger partial charge in [-0.3, -0.25) is 4.72 Å². The molecule has 0 aliphatic heterocycles. The quantitative estimate of drug-likeness (QED) is 0.198. The summed E-state index contributed by atoms with van der Waals surface area (Å²) in [6.45, 7) is 7.45. The van der Waals surface area contributed by atoms with Crippen LogP contribution >= 0.6 is 11.6 Å². The molecule has 0 atom stereocenters. The monoisotopic (exact) mass is 621 g/mol. The molecule has 1 fully saturated rings. The number of carbonyl (C=O) groups is 1. The third kappa shape index (κ3) is 7.74. The van der Waals surface area contributed by atoms with E-state index in [1.165, 1.54) is 0 Å². The molecule has 3 N–H and O–H groups in total. The van der Waals surface area contributed by atoms with Gasteiger partial charge in [0.25, 0.3) is 10.0 Å². The van der Waals surface area contributed by atoms with Gasteiger partial charge in [0.05, 0.1) is 21.1 Å². The smallest absolute Gasteiger partial charge is 0.407 e. The van der Waals surface area contributed by atoms with Gasteiger partial charge in [-0.15, -0.1) is 0 Å². The van der Waals surface area contributed by atoms with Crippen LogP contribution in [0, 0.1) is 6.92 Å². The fourth-order valence-electron chi connectivity index (χ4n) is 5.18. The van der Waals surface area contributed by atoms with Gasteiger partial charge in [-0.1, -0.05) is 35.9 Å². The molecular weight excluding hydrogens is 586 g/mol. The minimum absolute atomic E-state index is 0.0973. The van der Waals surface area contributed by atoms with Crippen molar-refractivity contribution in [3.05, 3.63) is 77.4 Å². The van der Waals surface area contributed by atoms with Crippen LogP contribution in [-0.2, 0) is 14.8 Å². The number of anilines is 2. The van der Waals surface area contributed by atoms with Crippen molar-refractivity contribution in [1.29, 1.82) is 0 Å². The van der Waals surface area contributed by atoms with E-state index in [-0.39, 0.29) is 23.1 Å². The lowest BCUT2D eigenvalue weighted by molar-refractivity contribution is 0.0492. The number of fused-ring (bicyclic) bond motifs is 1. The molecule has 226 valence electrons. The molecule has 1 aliphatic carbocycles. The second kappa shape index (κ2) is 12.4. The van der Waals surface area contributed by atoms with Crippen LogP contribution < -0.4 is 15.4 Å². The second-order valence-corrected chi connectivity index (χ2v) is 14.0. The fourth-order valence-corrected chi connectivity index (χ4v) is 6.59. The lowest BCUT2D eigenvalue weighted by Gasteiger charge is -2.30. The number of rotatable bonds is 7. The lowest BCUT2D eigenvalue weighted by Crippen LogP contribution is -2.42. The topological polar surface area (TPSA) is 122 Å². The van der Waals surface area contributed by atoms with Gasteiger partial charge in [0.1, 0.15) is 5.60 Å². The molecule has 0 unspecified atom stereocenters. The number of para-hydroxylation sites is 1. The molecular formula is C32H36ClN5O4S. The average molecular weight is 622 g/mol. The highest BCUT2D eigenvalue weighted by molar-refractivity contribution is 7.92. The zero-order valence-corrected chi connectivity index (χ0v) is 26.2. The van der Waals surface area contributed by atoms with E-state index in [1.807, 2.05) is 52.0 Å². The molecule has 0 radical (unpaired) electrons. The Morgan fingerprint density at radius 2 is 1.70 bits per heavy atom. The van der Waals surface area contributed by atoms with Gasteiger partial charge < -0.3 is 15.4 Å². The highest BCUT2D eigenvalue weighted by atomic mass is 35.5. The molecule has 0 bridgehead atoms. The number of alkyl carbamates (subject to hydrolysis) is 1. The van der Waals surface area contributed by atoms with E-state index in [4.69, 9.17) is 21.3 Å². The van der Waals surface area contributed by atoms with Crippen LogP contribution in [-0.4, -0.2) is 42.2 Å². The Balaban J connectivity index is 1.23. The minimum atomic E-state index is -3.81. The first-order valence-electron chi connectivity index (χ1n) is 14.3. The van der Waals surface area contributed by atoms with Crippen LogP contribution in [0.15, 0.2) is 71.8 Å². The zero-order valence-electron chi connectivity index (χ0n) is 24.6. The minimum Gasteiger partial charge on any atom is -0.444 e. The van der Waals surface area contributed by atoms with Crippen molar-refractivity contribution in [3.8, 4) is 11.1 Å². The molecule has 5 rings (SSSR count). The summed E-state index contributed by atoms with van der Waals surface area (Å²) in [5.41, 5.74) is 3.29. The summed E-state index contributed by atoms with van der Waals surface area (Å²) in [5, 5.41) is 7.62. The number of aromatic nitrogens is 2. The van der Waals surface area contributed by atoms with Crippen molar-refractivity contribution in [1.82, 2.24) is 15.3 Å². The SMILES string of the molecule is Cc1cc(S(=O)(=O)Nc2ccccc2Cl)ccc1-c1ccc2nc(NC3CCC(NC(=O)OC(C)(C)C)CC3)ncc2c1. The molecule has 1 aliphatic rings. The van der Waals surface area contributed by atoms with Crippen LogP contribution in [0.2, 0.25) is 5.02 Å². The first kappa shape index (κ1) is 30.6. The number of benzene rings is 3. The summed E-state index contributed by atoms with van der Waals surface area (Å²) in [6, 6.07) is 18.0. The Morgan fingerprint density at radius 1 is 0.977 bits per heavy atom. The number of aryl methyl sites for hydroxylation is 1. The van der Waals surface area contributed by atoms with E-state index in [1.54, 1.807) is 42.6 Å². The Kier molecular flexibility index (Phi) is 8.80. The predicted molar refractivity (Wildman–Crippen MR) is 171 cm³/mol. The zero-order chi connectivity index (χ0) is 30.8. The molecule has 1 aromatic heterocycles. The number of nitrogens with one attached hydrogen (secondary N) is 3. The largest absolute Gasteiger partial charge is 0.444 e. The Labute approximate surface area is 257 Å². The van der Waals surface area contributed by atoms with Gasteiger partial charge >= 0.3 is 6.09 Å². The first-order chi connectivity index (χ1) is 20.4. The van der Waals surface area contributed by atoms with E-state index in [0.717, 1.165) is 53.3 Å². The van der Waals surface area contributed by atoms with Crippen molar-refractivity contribution >= 4 is 50.3 Å². The molecule has 0 spiro atoms. The molecule has 11 heteroatoms. The number of nitrogens with zero attached hydrogens (tertiary/aromatic N) is 2. The van der Waals surface area contributed by atoms with Crippen molar-refractivity contribution < 1.29 is 17.9 Å². The standard InChI is InChI=1S/C32H36ClN5O4S/c1-20-17-25(43(40,41)38-29-8-6-5-7-27(29)33)14-15-26(20)21-9-16-28-22(18-21)19-34-30(37-28)35-23-10-12-24(13-11-23)36-31(39)42-32(2,3)4/h5-9,14-19,23-24,38H,10-13H2,1-4H3,(H,36,39)(H,34,35,37). The maximum absolute atomic E-state index is 13.0. The Morgan fingerprint density at radius 3 is 2.40 bits per heavy atom. The Hall–Kier alpha value is -3.89. The van der Waals surface area contributed by atoms with Crippen LogP contribution in [0.4, 0.5) is 16.4 Å². The number of hydrogen-bond donors (Lipinski definition) is 3. The number of carbonyl (C=O) groups excluding carboxylic acids is 1. The Bertz CT molecular complexity index is 1750. The van der Waals surface area contributed by atoms with Gasteiger partial charge in [0.2, 0.25) is 5.95 Å². The van der Waals surface area contributed by atoms with Crippen molar-refractivity contribution in [2.24, 2.45) is 0 Å². The second-order valence-electron chi connectivity index (χ2n) is 11.9. The lowest BCUT2D eigenvalue weighted by atomic mass is 9.91. The number of ether oxygens (including phenoxy) is 1. The third-order valence-electron chi connectivity index (χ3n) is 7.30. The summed E-state index contributed by atoms with van der Waals surface area (Å²) in [5.74, 6) is 0.570. The normalized spacial score (nSPS) is 17.3. The summed E-state index contributed by atoms with van der Waals surface area (Å²) in [4.78, 5) is 21.5. The number of halogens is 1. The maximum atomic E-state index is 13.0. The van der Waals surface area contributed by atoms with Gasteiger partial charge in [-0.25, -0.2) is 23.2 Å². The van der Waals surface area contributed by atoms with E-state index in [2.05, 4.69) is 20.3 Å². The molecule has 1 heterocycles. The first-order valence-corrected chi connectivity index (χ1v) is 16.1. The van der Waals surface area contributed by atoms with Gasteiger partial charge in [-0.2, -0.15) is 0 Å². The summed E-state index contributed by atoms with van der Waals surface area (Å²) in [6.07, 6.45) is 4.90. The van der Waals surface area contributed by atoms with Crippen LogP contribution in [0.1, 0.15) is 52.0 Å². The van der Waals surface area contributed by atoms with Crippen molar-refractivity contribution in [3.63, 3.8) is 0 Å². The molecule has 1 amide bonds. The fraction of sp³-hybridized carbons (Fsp3) is 0.344. The van der Waals surface area contributed by atoms with Crippen LogP contribution in [0.25, 0.3) is 22.0 Å². The number of hydrogen-bond acceptors (Lipinski definition) is 7. The maximum Gasteiger partial charge on any atom is 0.407 e. The van der Waals surface area contributed by atoms with E-state index >= 15 is 0 Å². The summed E-state index contributed by atoms with van der Waals surface area (Å²) < 4.78 is 33.9. The molecule has 1 saturated carbocycles. The summed E-state index contributed by atoms with van der Waals surface area (Å²) >= 11 is 6.14. The van der Waals surface area contributed by atoms with Crippen molar-refractivity contribution in [2.75, 3.05) is 10.0 Å². The molecule has 0 saturated heterocycles. The molecule has 9 nitrogen and oxygen atoms in total. The van der Waals surface area contributed by atoms with Gasteiger partial charge in [-0.05, 0) is 106 Å². The van der Waals surface area contributed by atoms with E-state index in [0.29, 0.717) is 16.7 Å².